The van der Waals surface area contributed by atoms with Crippen molar-refractivity contribution in [1.29, 1.82) is 0 Å². The van der Waals surface area contributed by atoms with Gasteiger partial charge in [0.2, 0.25) is 5.91 Å². The van der Waals surface area contributed by atoms with Gasteiger partial charge in [-0.25, -0.2) is 0 Å². The molecule has 1 aliphatic rings. The van der Waals surface area contributed by atoms with E-state index in [1.54, 1.807) is 12.3 Å². The first-order chi connectivity index (χ1) is 11.9. The largest absolute Gasteiger partial charge is 0.466 e. The van der Waals surface area contributed by atoms with Gasteiger partial charge in [0, 0.05) is 30.5 Å². The monoisotopic (exact) mass is 342 g/mol. The number of pyridine rings is 1. The second-order valence-electron chi connectivity index (χ2n) is 6.23. The van der Waals surface area contributed by atoms with E-state index >= 15 is 0 Å². The van der Waals surface area contributed by atoms with Crippen molar-refractivity contribution < 1.29 is 14.0 Å². The van der Waals surface area contributed by atoms with E-state index in [4.69, 9.17) is 4.42 Å². The second-order valence-corrected chi connectivity index (χ2v) is 6.23. The molecule has 1 aliphatic heterocycles. The Labute approximate surface area is 146 Å². The molecule has 3 heterocycles. The standard InChI is InChI=1S/C18H22N4O3/c1-11-8-15(13(3)25-11)12(2)21-18(24)16-9-14(4-5-19-16)22-7-6-20-17(23)10-22/h4-5,8-9,12H,6-7,10H2,1-3H3,(H,20,23)(H,21,24)/t12-/m1/s1. The molecule has 0 saturated carbocycles. The summed E-state index contributed by atoms with van der Waals surface area (Å²) in [4.78, 5) is 30.2. The van der Waals surface area contributed by atoms with E-state index in [9.17, 15) is 9.59 Å². The van der Waals surface area contributed by atoms with Crippen molar-refractivity contribution in [3.8, 4) is 0 Å². The van der Waals surface area contributed by atoms with Crippen molar-refractivity contribution in [2.24, 2.45) is 0 Å². The lowest BCUT2D eigenvalue weighted by Crippen LogP contribution is -2.47. The third-order valence-electron chi connectivity index (χ3n) is 4.27. The molecular formula is C18H22N4O3. The summed E-state index contributed by atoms with van der Waals surface area (Å²) in [7, 11) is 0. The van der Waals surface area contributed by atoms with Gasteiger partial charge in [-0.1, -0.05) is 0 Å². The van der Waals surface area contributed by atoms with Crippen LogP contribution in [0.25, 0.3) is 0 Å². The van der Waals surface area contributed by atoms with E-state index in [0.29, 0.717) is 18.8 Å². The lowest BCUT2D eigenvalue weighted by Gasteiger charge is -2.28. The minimum Gasteiger partial charge on any atom is -0.466 e. The summed E-state index contributed by atoms with van der Waals surface area (Å²) >= 11 is 0. The molecule has 0 aromatic carbocycles. The molecule has 0 spiro atoms. The quantitative estimate of drug-likeness (QED) is 0.883. The smallest absolute Gasteiger partial charge is 0.270 e. The van der Waals surface area contributed by atoms with Crippen molar-refractivity contribution >= 4 is 17.5 Å². The third kappa shape index (κ3) is 3.81. The number of carbonyl (C=O) groups is 2. The summed E-state index contributed by atoms with van der Waals surface area (Å²) in [5, 5.41) is 5.73. The van der Waals surface area contributed by atoms with Crippen LogP contribution in [0.5, 0.6) is 0 Å². The summed E-state index contributed by atoms with van der Waals surface area (Å²) in [6.45, 7) is 7.26. The number of amides is 2. The highest BCUT2D eigenvalue weighted by atomic mass is 16.3. The number of hydrogen-bond acceptors (Lipinski definition) is 5. The van der Waals surface area contributed by atoms with Crippen LogP contribution in [0, 0.1) is 13.8 Å². The Balaban J connectivity index is 1.73. The van der Waals surface area contributed by atoms with Gasteiger partial charge in [0.25, 0.3) is 5.91 Å². The molecule has 0 radical (unpaired) electrons. The maximum Gasteiger partial charge on any atom is 0.270 e. The van der Waals surface area contributed by atoms with Crippen LogP contribution in [0.1, 0.15) is 40.5 Å². The number of rotatable bonds is 4. The Morgan fingerprint density at radius 3 is 2.88 bits per heavy atom. The first-order valence-electron chi connectivity index (χ1n) is 8.29. The predicted octanol–water partition coefficient (Wildman–Crippen LogP) is 1.72. The molecule has 1 fully saturated rings. The Bertz CT molecular complexity index is 799. The lowest BCUT2D eigenvalue weighted by molar-refractivity contribution is -0.120. The summed E-state index contributed by atoms with van der Waals surface area (Å²) in [6, 6.07) is 5.27. The summed E-state index contributed by atoms with van der Waals surface area (Å²) in [5.74, 6) is 1.34. The van der Waals surface area contributed by atoms with Gasteiger partial charge >= 0.3 is 0 Å². The number of aryl methyl sites for hydroxylation is 2. The number of hydrogen-bond donors (Lipinski definition) is 2. The fourth-order valence-corrected chi connectivity index (χ4v) is 3.03. The fourth-order valence-electron chi connectivity index (χ4n) is 3.03. The SMILES string of the molecule is Cc1cc([C@@H](C)NC(=O)c2cc(N3CCNC(=O)C3)ccn2)c(C)o1. The van der Waals surface area contributed by atoms with Gasteiger partial charge in [0.05, 0.1) is 12.6 Å². The van der Waals surface area contributed by atoms with E-state index in [1.165, 1.54) is 0 Å². The molecule has 0 aliphatic carbocycles. The van der Waals surface area contributed by atoms with Gasteiger partial charge in [-0.2, -0.15) is 0 Å². The molecule has 2 N–H and O–H groups in total. The molecule has 7 nitrogen and oxygen atoms in total. The van der Waals surface area contributed by atoms with E-state index in [2.05, 4.69) is 15.6 Å². The van der Waals surface area contributed by atoms with Crippen LogP contribution < -0.4 is 15.5 Å². The molecule has 0 unspecified atom stereocenters. The lowest BCUT2D eigenvalue weighted by atomic mass is 10.1. The molecular weight excluding hydrogens is 320 g/mol. The summed E-state index contributed by atoms with van der Waals surface area (Å²) in [5.41, 5.74) is 2.10. The molecule has 132 valence electrons. The zero-order valence-electron chi connectivity index (χ0n) is 14.6. The third-order valence-corrected chi connectivity index (χ3v) is 4.27. The van der Waals surface area contributed by atoms with Gasteiger partial charge in [-0.15, -0.1) is 0 Å². The van der Waals surface area contributed by atoms with Gasteiger partial charge in [0.1, 0.15) is 17.2 Å². The first-order valence-corrected chi connectivity index (χ1v) is 8.29. The number of nitrogens with zero attached hydrogens (tertiary/aromatic N) is 2. The predicted molar refractivity (Wildman–Crippen MR) is 93.5 cm³/mol. The summed E-state index contributed by atoms with van der Waals surface area (Å²) < 4.78 is 5.52. The Kier molecular flexibility index (Phi) is 4.74. The van der Waals surface area contributed by atoms with Gasteiger partial charge < -0.3 is 20.0 Å². The number of nitrogens with one attached hydrogen (secondary N) is 2. The molecule has 2 aromatic heterocycles. The number of carbonyl (C=O) groups excluding carboxylic acids is 2. The van der Waals surface area contributed by atoms with Crippen LogP contribution in [0.3, 0.4) is 0 Å². The molecule has 2 aromatic rings. The summed E-state index contributed by atoms with van der Waals surface area (Å²) in [6.07, 6.45) is 1.59. The maximum atomic E-state index is 12.5. The van der Waals surface area contributed by atoms with Gasteiger partial charge in [0.15, 0.2) is 0 Å². The van der Waals surface area contributed by atoms with E-state index in [-0.39, 0.29) is 24.4 Å². The highest BCUT2D eigenvalue weighted by Gasteiger charge is 2.20. The van der Waals surface area contributed by atoms with Crippen molar-refractivity contribution in [3.05, 3.63) is 47.2 Å². The maximum absolute atomic E-state index is 12.5. The van der Waals surface area contributed by atoms with Crippen LogP contribution >= 0.6 is 0 Å². The van der Waals surface area contributed by atoms with Gasteiger partial charge in [-0.05, 0) is 39.0 Å². The molecule has 3 rings (SSSR count). The number of aromatic nitrogens is 1. The number of furan rings is 1. The Morgan fingerprint density at radius 2 is 2.20 bits per heavy atom. The van der Waals surface area contributed by atoms with Crippen molar-refractivity contribution in [3.63, 3.8) is 0 Å². The van der Waals surface area contributed by atoms with Crippen molar-refractivity contribution in [2.45, 2.75) is 26.8 Å². The van der Waals surface area contributed by atoms with Crippen LogP contribution in [0.4, 0.5) is 5.69 Å². The normalized spacial score (nSPS) is 15.6. The highest BCUT2D eigenvalue weighted by molar-refractivity contribution is 5.93. The topological polar surface area (TPSA) is 87.5 Å². The van der Waals surface area contributed by atoms with Crippen LogP contribution in [0.2, 0.25) is 0 Å². The van der Waals surface area contributed by atoms with E-state index < -0.39 is 0 Å². The number of piperazine rings is 1. The molecule has 0 bridgehead atoms. The van der Waals surface area contributed by atoms with E-state index in [1.807, 2.05) is 37.8 Å². The van der Waals surface area contributed by atoms with Crippen LogP contribution in [-0.2, 0) is 4.79 Å². The number of anilines is 1. The average molecular weight is 342 g/mol. The molecule has 7 heteroatoms. The first kappa shape index (κ1) is 17.0. The Morgan fingerprint density at radius 1 is 1.40 bits per heavy atom. The second kappa shape index (κ2) is 6.96. The fraction of sp³-hybridized carbons (Fsp3) is 0.389. The van der Waals surface area contributed by atoms with Gasteiger partial charge in [-0.3, -0.25) is 14.6 Å². The molecule has 1 saturated heterocycles. The zero-order chi connectivity index (χ0) is 18.0. The molecule has 1 atom stereocenters. The zero-order valence-corrected chi connectivity index (χ0v) is 14.6. The minimum atomic E-state index is -0.255. The van der Waals surface area contributed by atoms with Crippen molar-refractivity contribution in [2.75, 3.05) is 24.5 Å². The van der Waals surface area contributed by atoms with Crippen LogP contribution in [0.15, 0.2) is 28.8 Å². The van der Waals surface area contributed by atoms with E-state index in [0.717, 1.165) is 22.8 Å². The van der Waals surface area contributed by atoms with Crippen molar-refractivity contribution in [1.82, 2.24) is 15.6 Å². The molecule has 2 amide bonds. The molecule has 25 heavy (non-hydrogen) atoms. The van der Waals surface area contributed by atoms with Crippen LogP contribution in [-0.4, -0.2) is 36.4 Å². The highest BCUT2D eigenvalue weighted by Crippen LogP contribution is 2.22. The average Bonchev–Trinajstić information content (AvgIpc) is 2.93. The Hall–Kier alpha value is -2.83. The minimum absolute atomic E-state index is 0.0199.